The molecule has 0 bridgehead atoms. The summed E-state index contributed by atoms with van der Waals surface area (Å²) in [6.07, 6.45) is -2.75. The lowest BCUT2D eigenvalue weighted by molar-refractivity contribution is 0.0316. The molecule has 13 heteroatoms. The molecule has 1 atom stereocenters. The van der Waals surface area contributed by atoms with Crippen LogP contribution in [0.25, 0.3) is 0 Å². The van der Waals surface area contributed by atoms with Crippen molar-refractivity contribution < 1.29 is 38.4 Å². The summed E-state index contributed by atoms with van der Waals surface area (Å²) in [4.78, 5) is 37.6. The number of methoxy groups -OCH3 is 2. The summed E-state index contributed by atoms with van der Waals surface area (Å²) in [6.45, 7) is 0.905. The topological polar surface area (TPSA) is 191 Å². The number of aromatic nitrogens is 3. The minimum absolute atomic E-state index is 0.0114. The molecule has 0 amide bonds. The summed E-state index contributed by atoms with van der Waals surface area (Å²) in [5, 5.41) is 17.2. The number of ketones is 1. The van der Waals surface area contributed by atoms with E-state index in [2.05, 4.69) is 10.2 Å². The van der Waals surface area contributed by atoms with E-state index in [9.17, 15) is 14.4 Å². The van der Waals surface area contributed by atoms with Gasteiger partial charge in [0.1, 0.15) is 11.8 Å². The standard InChI is InChI=1S/C22H23N5O8/c1-11(35-22(30)31)18-19(20(28)14-8-16(32-2)17(33-3)9-15(14)24)26-27(25-18)10-34-21(29)12-4-6-13(23)7-5-12/h4-9,11H,10,23-24H2,1-3H3,(H,30,31). The maximum absolute atomic E-state index is 13.3. The molecule has 13 nitrogen and oxygen atoms in total. The molecule has 0 aliphatic carbocycles. The molecule has 0 aliphatic heterocycles. The van der Waals surface area contributed by atoms with E-state index in [1.807, 2.05) is 0 Å². The van der Waals surface area contributed by atoms with E-state index in [-0.39, 0.29) is 34.0 Å². The van der Waals surface area contributed by atoms with Gasteiger partial charge in [0.2, 0.25) is 12.5 Å². The van der Waals surface area contributed by atoms with Gasteiger partial charge in [0.05, 0.1) is 25.3 Å². The van der Waals surface area contributed by atoms with Crippen LogP contribution in [0.3, 0.4) is 0 Å². The van der Waals surface area contributed by atoms with E-state index in [4.69, 9.17) is 35.5 Å². The van der Waals surface area contributed by atoms with Crippen LogP contribution in [-0.4, -0.2) is 52.2 Å². The average molecular weight is 485 g/mol. The van der Waals surface area contributed by atoms with Crippen LogP contribution in [0.15, 0.2) is 36.4 Å². The van der Waals surface area contributed by atoms with E-state index in [0.29, 0.717) is 11.4 Å². The summed E-state index contributed by atoms with van der Waals surface area (Å²) in [6, 6.07) is 8.81. The van der Waals surface area contributed by atoms with Crippen LogP contribution in [0.5, 0.6) is 11.5 Å². The highest BCUT2D eigenvalue weighted by atomic mass is 16.7. The highest BCUT2D eigenvalue weighted by Crippen LogP contribution is 2.33. The number of nitrogen functional groups attached to an aromatic ring is 2. The second-order valence-corrected chi connectivity index (χ2v) is 7.14. The molecule has 3 rings (SSSR count). The summed E-state index contributed by atoms with van der Waals surface area (Å²) in [7, 11) is 2.81. The number of rotatable bonds is 9. The van der Waals surface area contributed by atoms with Crippen molar-refractivity contribution in [3.05, 3.63) is 58.9 Å². The van der Waals surface area contributed by atoms with Crippen molar-refractivity contribution in [1.82, 2.24) is 15.0 Å². The Labute approximate surface area is 199 Å². The third-order valence-electron chi connectivity index (χ3n) is 4.82. The highest BCUT2D eigenvalue weighted by Gasteiger charge is 2.28. The molecule has 0 saturated carbocycles. The van der Waals surface area contributed by atoms with Gasteiger partial charge in [-0.15, -0.1) is 9.90 Å². The van der Waals surface area contributed by atoms with Gasteiger partial charge in [-0.3, -0.25) is 4.79 Å². The Kier molecular flexibility index (Phi) is 7.39. The largest absolute Gasteiger partial charge is 0.506 e. The maximum atomic E-state index is 13.3. The maximum Gasteiger partial charge on any atom is 0.506 e. The van der Waals surface area contributed by atoms with Crippen LogP contribution in [0.1, 0.15) is 45.1 Å². The molecule has 1 aromatic heterocycles. The van der Waals surface area contributed by atoms with Crippen LogP contribution < -0.4 is 20.9 Å². The number of carbonyl (C=O) groups excluding carboxylic acids is 2. The first kappa shape index (κ1) is 24.8. The Morgan fingerprint density at radius 2 is 1.66 bits per heavy atom. The third-order valence-corrected chi connectivity index (χ3v) is 4.82. The van der Waals surface area contributed by atoms with Gasteiger partial charge in [-0.1, -0.05) is 0 Å². The van der Waals surface area contributed by atoms with Crippen LogP contribution in [-0.2, 0) is 16.2 Å². The molecule has 1 heterocycles. The number of esters is 1. The van der Waals surface area contributed by atoms with Crippen LogP contribution >= 0.6 is 0 Å². The Morgan fingerprint density at radius 3 is 2.26 bits per heavy atom. The Hall–Kier alpha value is -4.81. The predicted molar refractivity (Wildman–Crippen MR) is 121 cm³/mol. The first-order valence-corrected chi connectivity index (χ1v) is 10.1. The lowest BCUT2D eigenvalue weighted by Crippen LogP contribution is -2.13. The molecule has 0 aliphatic rings. The Balaban J connectivity index is 1.94. The molecular weight excluding hydrogens is 462 g/mol. The first-order valence-electron chi connectivity index (χ1n) is 10.1. The van der Waals surface area contributed by atoms with Gasteiger partial charge < -0.3 is 35.5 Å². The molecule has 0 radical (unpaired) electrons. The zero-order valence-corrected chi connectivity index (χ0v) is 19.0. The smallest absolute Gasteiger partial charge is 0.493 e. The average Bonchev–Trinajstić information content (AvgIpc) is 3.26. The monoisotopic (exact) mass is 485 g/mol. The number of carboxylic acid groups (broad SMARTS) is 1. The zero-order valence-electron chi connectivity index (χ0n) is 19.0. The fraction of sp³-hybridized carbons (Fsp3) is 0.227. The molecule has 1 unspecified atom stereocenters. The van der Waals surface area contributed by atoms with Crippen LogP contribution in [0.4, 0.5) is 16.2 Å². The second kappa shape index (κ2) is 10.4. The molecule has 0 spiro atoms. The van der Waals surface area contributed by atoms with Gasteiger partial charge >= 0.3 is 12.1 Å². The van der Waals surface area contributed by atoms with Gasteiger partial charge in [0, 0.05) is 17.4 Å². The number of hydrogen-bond donors (Lipinski definition) is 3. The van der Waals surface area contributed by atoms with E-state index in [1.165, 1.54) is 57.5 Å². The summed E-state index contributed by atoms with van der Waals surface area (Å²) in [5.74, 6) is -0.819. The van der Waals surface area contributed by atoms with Gasteiger partial charge in [-0.05, 0) is 37.3 Å². The number of carbonyl (C=O) groups is 3. The Morgan fingerprint density at radius 1 is 1.03 bits per heavy atom. The normalized spacial score (nSPS) is 11.4. The fourth-order valence-electron chi connectivity index (χ4n) is 3.10. The molecule has 2 aromatic carbocycles. The molecule has 0 saturated heterocycles. The number of ether oxygens (including phenoxy) is 4. The quantitative estimate of drug-likeness (QED) is 0.228. The van der Waals surface area contributed by atoms with Crippen molar-refractivity contribution in [2.24, 2.45) is 0 Å². The van der Waals surface area contributed by atoms with E-state index < -0.39 is 30.7 Å². The fourth-order valence-corrected chi connectivity index (χ4v) is 3.10. The van der Waals surface area contributed by atoms with Crippen molar-refractivity contribution in [3.8, 4) is 11.5 Å². The van der Waals surface area contributed by atoms with Crippen molar-refractivity contribution >= 4 is 29.3 Å². The second-order valence-electron chi connectivity index (χ2n) is 7.14. The summed E-state index contributed by atoms with van der Waals surface area (Å²) >= 11 is 0. The van der Waals surface area contributed by atoms with Crippen LogP contribution in [0.2, 0.25) is 0 Å². The molecule has 5 N–H and O–H groups in total. The van der Waals surface area contributed by atoms with Crippen molar-refractivity contribution in [2.75, 3.05) is 25.7 Å². The number of nitrogens with two attached hydrogens (primary N) is 2. The predicted octanol–water partition coefficient (Wildman–Crippen LogP) is 2.26. The number of hydrogen-bond acceptors (Lipinski definition) is 11. The first-order chi connectivity index (χ1) is 16.6. The number of anilines is 2. The number of benzene rings is 2. The lowest BCUT2D eigenvalue weighted by atomic mass is 10.0. The molecule has 184 valence electrons. The minimum atomic E-state index is -1.58. The van der Waals surface area contributed by atoms with Gasteiger partial charge in [-0.2, -0.15) is 5.10 Å². The van der Waals surface area contributed by atoms with E-state index in [0.717, 1.165) is 4.80 Å². The minimum Gasteiger partial charge on any atom is -0.493 e. The van der Waals surface area contributed by atoms with Gasteiger partial charge in [0.15, 0.2) is 17.2 Å². The molecule has 0 fully saturated rings. The SMILES string of the molecule is COc1cc(N)c(C(=O)c2nn(COC(=O)c3ccc(N)cc3)nc2C(C)OC(=O)O)cc1OC. The van der Waals surface area contributed by atoms with Crippen LogP contribution in [0, 0.1) is 0 Å². The molecule has 3 aromatic rings. The third kappa shape index (κ3) is 5.58. The molecule has 35 heavy (non-hydrogen) atoms. The summed E-state index contributed by atoms with van der Waals surface area (Å²) in [5.41, 5.74) is 12.1. The van der Waals surface area contributed by atoms with E-state index in [1.54, 1.807) is 0 Å². The van der Waals surface area contributed by atoms with Crippen molar-refractivity contribution in [1.29, 1.82) is 0 Å². The van der Waals surface area contributed by atoms with Gasteiger partial charge in [0.25, 0.3) is 0 Å². The van der Waals surface area contributed by atoms with Gasteiger partial charge in [-0.25, -0.2) is 9.59 Å². The van der Waals surface area contributed by atoms with Crippen molar-refractivity contribution in [3.63, 3.8) is 0 Å². The summed E-state index contributed by atoms with van der Waals surface area (Å²) < 4.78 is 20.3. The molecular formula is C22H23N5O8. The highest BCUT2D eigenvalue weighted by molar-refractivity contribution is 6.12. The number of nitrogens with zero attached hydrogens (tertiary/aromatic N) is 3. The van der Waals surface area contributed by atoms with Crippen molar-refractivity contribution in [2.45, 2.75) is 19.8 Å². The Bertz CT molecular complexity index is 1260. The van der Waals surface area contributed by atoms with E-state index >= 15 is 0 Å². The lowest BCUT2D eigenvalue weighted by Gasteiger charge is -2.12. The zero-order chi connectivity index (χ0) is 25.7.